The fourth-order valence-corrected chi connectivity index (χ4v) is 5.11. The van der Waals surface area contributed by atoms with Crippen LogP contribution >= 0.6 is 0 Å². The molecule has 1 aromatic heterocycles. The van der Waals surface area contributed by atoms with Gasteiger partial charge in [-0.15, -0.1) is 4.57 Å². The zero-order valence-corrected chi connectivity index (χ0v) is 23.5. The summed E-state index contributed by atoms with van der Waals surface area (Å²) in [6.07, 6.45) is 0. The number of para-hydroxylation sites is 1. The molecule has 0 aliphatic heterocycles. The van der Waals surface area contributed by atoms with E-state index in [2.05, 4.69) is 87.0 Å². The summed E-state index contributed by atoms with van der Waals surface area (Å²) in [5.41, 5.74) is 8.56. The lowest BCUT2D eigenvalue weighted by Gasteiger charge is -2.25. The zero-order chi connectivity index (χ0) is 28.1. The number of anilines is 2. The molecular formula is C33H34N7+. The molecule has 0 aliphatic carbocycles. The molecule has 0 radical (unpaired) electrons. The van der Waals surface area contributed by atoms with E-state index in [4.69, 9.17) is 4.98 Å². The van der Waals surface area contributed by atoms with Crippen LogP contribution < -0.4 is 14.4 Å². The molecule has 1 unspecified atom stereocenters. The fraction of sp³-hybridized carbons (Fsp3) is 0.242. The Morgan fingerprint density at radius 3 is 2.00 bits per heavy atom. The molecule has 7 heteroatoms. The molecule has 0 aliphatic rings. The van der Waals surface area contributed by atoms with Crippen molar-refractivity contribution in [3.8, 4) is 11.8 Å². The van der Waals surface area contributed by atoms with Crippen molar-refractivity contribution >= 4 is 44.8 Å². The van der Waals surface area contributed by atoms with E-state index < -0.39 is 0 Å². The SMILES string of the molecule is CCN(CC)c1ccc2nc3ccc(N=Nc4ccc(N(CC)C(C)C#N)cc4)cc3[n+](-c3ccccc3)c2c1. The van der Waals surface area contributed by atoms with Crippen molar-refractivity contribution < 1.29 is 4.57 Å². The molecule has 7 nitrogen and oxygen atoms in total. The normalized spacial score (nSPS) is 12.1. The molecule has 5 aromatic rings. The number of nitrogens with zero attached hydrogens (tertiary/aromatic N) is 7. The second kappa shape index (κ2) is 11.9. The van der Waals surface area contributed by atoms with Gasteiger partial charge in [-0.2, -0.15) is 15.5 Å². The Morgan fingerprint density at radius 1 is 0.750 bits per heavy atom. The van der Waals surface area contributed by atoms with Crippen molar-refractivity contribution in [3.63, 3.8) is 0 Å². The van der Waals surface area contributed by atoms with E-state index in [1.54, 1.807) is 0 Å². The maximum absolute atomic E-state index is 9.32. The van der Waals surface area contributed by atoms with E-state index >= 15 is 0 Å². The van der Waals surface area contributed by atoms with Crippen LogP contribution in [0.25, 0.3) is 27.8 Å². The first-order valence-electron chi connectivity index (χ1n) is 13.8. The van der Waals surface area contributed by atoms with Crippen molar-refractivity contribution in [1.29, 1.82) is 5.26 Å². The molecule has 0 amide bonds. The van der Waals surface area contributed by atoms with Gasteiger partial charge in [-0.05, 0) is 76.2 Å². The lowest BCUT2D eigenvalue weighted by Crippen LogP contribution is -2.33. The van der Waals surface area contributed by atoms with Gasteiger partial charge in [0.2, 0.25) is 16.7 Å². The number of azo groups is 1. The van der Waals surface area contributed by atoms with Crippen LogP contribution in [0.15, 0.2) is 101 Å². The maximum Gasteiger partial charge on any atom is 0.239 e. The minimum absolute atomic E-state index is 0.195. The van der Waals surface area contributed by atoms with E-state index in [1.165, 1.54) is 5.69 Å². The zero-order valence-electron chi connectivity index (χ0n) is 23.5. The van der Waals surface area contributed by atoms with Crippen LogP contribution in [0.1, 0.15) is 27.7 Å². The van der Waals surface area contributed by atoms with Crippen LogP contribution in [0.5, 0.6) is 0 Å². The Labute approximate surface area is 235 Å². The predicted octanol–water partition coefficient (Wildman–Crippen LogP) is 7.66. The molecule has 200 valence electrons. The molecule has 0 bridgehead atoms. The number of benzene rings is 4. The van der Waals surface area contributed by atoms with E-state index in [0.29, 0.717) is 0 Å². The highest BCUT2D eigenvalue weighted by molar-refractivity contribution is 5.85. The first-order valence-corrected chi connectivity index (χ1v) is 13.8. The summed E-state index contributed by atoms with van der Waals surface area (Å²) >= 11 is 0. The Kier molecular flexibility index (Phi) is 7.97. The van der Waals surface area contributed by atoms with Gasteiger partial charge in [0.1, 0.15) is 17.1 Å². The van der Waals surface area contributed by atoms with E-state index in [9.17, 15) is 5.26 Å². The topological polar surface area (TPSA) is 71.8 Å². The molecule has 0 spiro atoms. The van der Waals surface area contributed by atoms with Crippen LogP contribution in [0.3, 0.4) is 0 Å². The van der Waals surface area contributed by atoms with Crippen LogP contribution in [0, 0.1) is 11.3 Å². The molecule has 1 atom stereocenters. The fourth-order valence-electron chi connectivity index (χ4n) is 5.11. The van der Waals surface area contributed by atoms with Crippen LogP contribution in [-0.4, -0.2) is 30.7 Å². The monoisotopic (exact) mass is 528 g/mol. The third-order valence-corrected chi connectivity index (χ3v) is 7.24. The highest BCUT2D eigenvalue weighted by Crippen LogP contribution is 2.27. The molecule has 0 N–H and O–H groups in total. The van der Waals surface area contributed by atoms with Crippen molar-refractivity contribution in [1.82, 2.24) is 4.98 Å². The summed E-state index contributed by atoms with van der Waals surface area (Å²) in [7, 11) is 0. The van der Waals surface area contributed by atoms with E-state index in [1.807, 2.05) is 62.4 Å². The van der Waals surface area contributed by atoms with Crippen molar-refractivity contribution in [3.05, 3.63) is 91.0 Å². The van der Waals surface area contributed by atoms with Crippen LogP contribution in [-0.2, 0) is 0 Å². The van der Waals surface area contributed by atoms with Gasteiger partial charge in [0.05, 0.1) is 17.4 Å². The summed E-state index contributed by atoms with van der Waals surface area (Å²) in [6.45, 7) is 10.9. The highest BCUT2D eigenvalue weighted by Gasteiger charge is 2.21. The van der Waals surface area contributed by atoms with Gasteiger partial charge in [0.25, 0.3) is 0 Å². The summed E-state index contributed by atoms with van der Waals surface area (Å²) in [5, 5.41) is 18.4. The number of hydrogen-bond donors (Lipinski definition) is 0. The number of fused-ring (bicyclic) bond motifs is 2. The number of hydrogen-bond acceptors (Lipinski definition) is 6. The lowest BCUT2D eigenvalue weighted by molar-refractivity contribution is -0.538. The van der Waals surface area contributed by atoms with Crippen molar-refractivity contribution in [2.45, 2.75) is 33.7 Å². The molecule has 40 heavy (non-hydrogen) atoms. The summed E-state index contributed by atoms with van der Waals surface area (Å²) in [5.74, 6) is 0. The quantitative estimate of drug-likeness (QED) is 0.112. The summed E-state index contributed by atoms with van der Waals surface area (Å²) in [6, 6.07) is 32.8. The van der Waals surface area contributed by atoms with E-state index in [-0.39, 0.29) is 6.04 Å². The summed E-state index contributed by atoms with van der Waals surface area (Å²) < 4.78 is 2.26. The smallest absolute Gasteiger partial charge is 0.239 e. The standard InChI is InChI=1S/C33H34N7/c1-5-38(6-2)29-18-20-31-33(22-29)40(28-11-9-8-10-12-28)32-21-26(15-19-30(32)35-31)37-36-25-13-16-27(17-14-25)39(7-3)24(4)23-34/h8-22,24H,5-7H2,1-4H3/q+1. The van der Waals surface area contributed by atoms with Crippen molar-refractivity contribution in [2.75, 3.05) is 29.4 Å². The van der Waals surface area contributed by atoms with Gasteiger partial charge >= 0.3 is 0 Å². The first-order chi connectivity index (χ1) is 19.6. The van der Waals surface area contributed by atoms with Gasteiger partial charge in [0, 0.05) is 55.3 Å². The van der Waals surface area contributed by atoms with Gasteiger partial charge in [0.15, 0.2) is 0 Å². The highest BCUT2D eigenvalue weighted by atomic mass is 15.2. The van der Waals surface area contributed by atoms with Gasteiger partial charge in [-0.25, -0.2) is 4.98 Å². The third-order valence-electron chi connectivity index (χ3n) is 7.24. The maximum atomic E-state index is 9.32. The molecule has 4 aromatic carbocycles. The van der Waals surface area contributed by atoms with Crippen LogP contribution in [0.2, 0.25) is 0 Å². The Bertz CT molecular complexity index is 1680. The molecule has 1 heterocycles. The second-order valence-corrected chi connectivity index (χ2v) is 9.61. The molecular weight excluding hydrogens is 494 g/mol. The van der Waals surface area contributed by atoms with Crippen LogP contribution in [0.4, 0.5) is 22.7 Å². The predicted molar refractivity (Wildman–Crippen MR) is 163 cm³/mol. The largest absolute Gasteiger partial charge is 0.372 e. The molecule has 0 saturated heterocycles. The Morgan fingerprint density at radius 2 is 1.35 bits per heavy atom. The lowest BCUT2D eigenvalue weighted by atomic mass is 10.1. The average molecular weight is 529 g/mol. The van der Waals surface area contributed by atoms with Gasteiger partial charge < -0.3 is 9.80 Å². The van der Waals surface area contributed by atoms with E-state index in [0.717, 1.165) is 64.5 Å². The minimum atomic E-state index is -0.195. The summed E-state index contributed by atoms with van der Waals surface area (Å²) in [4.78, 5) is 9.39. The minimum Gasteiger partial charge on any atom is -0.372 e. The first kappa shape index (κ1) is 26.8. The molecule has 5 rings (SSSR count). The van der Waals surface area contributed by atoms with Crippen molar-refractivity contribution in [2.24, 2.45) is 10.2 Å². The average Bonchev–Trinajstić information content (AvgIpc) is 3.00. The Hall–Kier alpha value is -4.83. The van der Waals surface area contributed by atoms with Gasteiger partial charge in [-0.1, -0.05) is 18.2 Å². The number of nitriles is 1. The molecule has 0 fully saturated rings. The third kappa shape index (κ3) is 5.34. The number of rotatable bonds is 9. The second-order valence-electron chi connectivity index (χ2n) is 9.61. The number of aromatic nitrogens is 2. The van der Waals surface area contributed by atoms with Gasteiger partial charge in [-0.3, -0.25) is 0 Å². The Balaban J connectivity index is 1.57. The molecule has 0 saturated carbocycles.